The van der Waals surface area contributed by atoms with E-state index in [1.165, 1.54) is 10.9 Å². The van der Waals surface area contributed by atoms with E-state index in [0.29, 0.717) is 0 Å². The van der Waals surface area contributed by atoms with Gasteiger partial charge in [-0.1, -0.05) is 0 Å². The van der Waals surface area contributed by atoms with Gasteiger partial charge in [0.25, 0.3) is 0 Å². The summed E-state index contributed by atoms with van der Waals surface area (Å²) in [6.07, 6.45) is 0.574. The number of nitrogen functional groups attached to an aromatic ring is 1. The predicted molar refractivity (Wildman–Crippen MR) is 74.3 cm³/mol. The highest BCUT2D eigenvalue weighted by molar-refractivity contribution is 7.59. The highest BCUT2D eigenvalue weighted by Gasteiger charge is 2.24. The van der Waals surface area contributed by atoms with Crippen molar-refractivity contribution in [3.8, 4) is 0 Å². The lowest BCUT2D eigenvalue weighted by molar-refractivity contribution is 0.149. The minimum atomic E-state index is -4.68. The normalized spacial score (nSPS) is 12.9. The Morgan fingerprint density at radius 1 is 1.23 bits per heavy atom. The van der Waals surface area contributed by atoms with E-state index in [4.69, 9.17) is 30.0 Å². The number of hydrogen-bond acceptors (Lipinski definition) is 7. The van der Waals surface area contributed by atoms with Gasteiger partial charge in [-0.05, 0) is 0 Å². The molecular formula is C8H13N5O7P2. The van der Waals surface area contributed by atoms with Crippen molar-refractivity contribution in [3.05, 3.63) is 6.33 Å². The number of imidazole rings is 1. The molecule has 0 aromatic carbocycles. The van der Waals surface area contributed by atoms with Gasteiger partial charge in [-0.25, -0.2) is 15.0 Å². The Bertz CT molecular complexity index is 781. The van der Waals surface area contributed by atoms with Crippen molar-refractivity contribution in [3.63, 3.8) is 0 Å². The van der Waals surface area contributed by atoms with E-state index < -0.39 is 27.1 Å². The van der Waals surface area contributed by atoms with Crippen LogP contribution in [0.25, 0.3) is 11.2 Å². The first-order valence-corrected chi connectivity index (χ1v) is 9.16. The van der Waals surface area contributed by atoms with Crippen LogP contribution in [0.2, 0.25) is 0 Å². The molecule has 0 aliphatic rings. The summed E-state index contributed by atoms with van der Waals surface area (Å²) in [4.78, 5) is 46.7. The van der Waals surface area contributed by atoms with Crippen LogP contribution >= 0.6 is 15.2 Å². The Labute approximate surface area is 123 Å². The van der Waals surface area contributed by atoms with Gasteiger partial charge in [0.1, 0.15) is 11.9 Å². The molecule has 14 heteroatoms. The molecule has 0 radical (unpaired) electrons. The van der Waals surface area contributed by atoms with Crippen molar-refractivity contribution in [1.82, 2.24) is 19.5 Å². The third-order valence-corrected chi connectivity index (χ3v) is 3.72. The third-order valence-electron chi connectivity index (χ3n) is 2.48. The van der Waals surface area contributed by atoms with Crippen LogP contribution in [0.4, 0.5) is 5.82 Å². The molecule has 0 saturated heterocycles. The molecule has 6 N–H and O–H groups in total. The zero-order valence-electron chi connectivity index (χ0n) is 11.0. The Morgan fingerprint density at radius 2 is 1.91 bits per heavy atom. The van der Waals surface area contributed by atoms with Gasteiger partial charge in [0.2, 0.25) is 5.57 Å². The topological polar surface area (TPSA) is 194 Å². The van der Waals surface area contributed by atoms with Crippen molar-refractivity contribution in [2.75, 3.05) is 18.7 Å². The molecule has 2 aromatic heterocycles. The molecule has 2 heterocycles. The van der Waals surface area contributed by atoms with Crippen LogP contribution in [0.15, 0.2) is 6.33 Å². The summed E-state index contributed by atoms with van der Waals surface area (Å²) < 4.78 is 28.0. The second kappa shape index (κ2) is 6.01. The van der Waals surface area contributed by atoms with Crippen molar-refractivity contribution in [1.29, 1.82) is 0 Å². The van der Waals surface area contributed by atoms with Crippen LogP contribution in [-0.4, -0.2) is 52.0 Å². The molecule has 0 unspecified atom stereocenters. The molecule has 0 atom stereocenters. The Hall–Kier alpha value is -1.39. The summed E-state index contributed by atoms with van der Waals surface area (Å²) in [7, 11) is -8.93. The van der Waals surface area contributed by atoms with E-state index in [-0.39, 0.29) is 30.1 Å². The average Bonchev–Trinajstić information content (AvgIpc) is 2.76. The van der Waals surface area contributed by atoms with E-state index in [2.05, 4.69) is 15.0 Å². The molecule has 0 aliphatic carbocycles. The molecule has 0 aliphatic heterocycles. The van der Waals surface area contributed by atoms with Crippen molar-refractivity contribution < 1.29 is 33.4 Å². The van der Waals surface area contributed by atoms with Crippen molar-refractivity contribution >= 4 is 37.7 Å². The van der Waals surface area contributed by atoms with Gasteiger partial charge in [0, 0.05) is 6.54 Å². The summed E-state index contributed by atoms with van der Waals surface area (Å²) in [5.41, 5.74) is 5.10. The first-order chi connectivity index (χ1) is 10.1. The summed E-state index contributed by atoms with van der Waals surface area (Å²) >= 11 is 0. The van der Waals surface area contributed by atoms with Crippen LogP contribution in [0.3, 0.4) is 0 Å². The lowest BCUT2D eigenvalue weighted by Crippen LogP contribution is -2.17. The quantitative estimate of drug-likeness (QED) is 0.295. The van der Waals surface area contributed by atoms with Crippen LogP contribution in [-0.2, 0) is 20.4 Å². The second-order valence-corrected chi connectivity index (χ2v) is 7.34. The molecule has 0 bridgehead atoms. The number of aromatic nitrogens is 4. The molecule has 22 heavy (non-hydrogen) atoms. The van der Waals surface area contributed by atoms with Gasteiger partial charge in [-0.3, -0.25) is 9.13 Å². The van der Waals surface area contributed by atoms with Gasteiger partial charge >= 0.3 is 15.2 Å². The first-order valence-electron chi connectivity index (χ1n) is 5.75. The largest absolute Gasteiger partial charge is 0.393 e. The van der Waals surface area contributed by atoms with Gasteiger partial charge in [0.15, 0.2) is 11.5 Å². The van der Waals surface area contributed by atoms with E-state index >= 15 is 0 Å². The molecule has 2 rings (SSSR count). The van der Waals surface area contributed by atoms with Gasteiger partial charge < -0.3 is 34.6 Å². The number of ether oxygens (including phenoxy) is 1. The molecule has 0 saturated carbocycles. The molecular weight excluding hydrogens is 340 g/mol. The molecule has 0 amide bonds. The zero-order valence-corrected chi connectivity index (χ0v) is 12.8. The van der Waals surface area contributed by atoms with Crippen molar-refractivity contribution in [2.45, 2.75) is 6.54 Å². The fourth-order valence-electron chi connectivity index (χ4n) is 1.59. The molecule has 2 aromatic rings. The highest BCUT2D eigenvalue weighted by atomic mass is 31.2. The van der Waals surface area contributed by atoms with Crippen LogP contribution in [0.5, 0.6) is 0 Å². The number of nitrogens with two attached hydrogens (primary N) is 1. The maximum Gasteiger partial charge on any atom is 0.393 e. The lowest BCUT2D eigenvalue weighted by Gasteiger charge is -2.08. The number of fused-ring (bicyclic) bond motifs is 1. The second-order valence-electron chi connectivity index (χ2n) is 4.27. The summed E-state index contributed by atoms with van der Waals surface area (Å²) in [5.74, 6) is -0.182. The number of nitrogens with zero attached hydrogens (tertiary/aromatic N) is 4. The minimum Gasteiger partial charge on any atom is -0.382 e. The van der Waals surface area contributed by atoms with Crippen LogP contribution in [0.1, 0.15) is 0 Å². The SMILES string of the molecule is Nc1nc(P(=O)(O)O)nc2c1ncn2CCOCP(=O)(O)O. The molecule has 0 spiro atoms. The fourth-order valence-corrected chi connectivity index (χ4v) is 2.42. The highest BCUT2D eigenvalue weighted by Crippen LogP contribution is 2.34. The lowest BCUT2D eigenvalue weighted by atomic mass is 10.5. The molecule has 122 valence electrons. The number of rotatable bonds is 6. The summed E-state index contributed by atoms with van der Waals surface area (Å²) in [6, 6.07) is 0. The fraction of sp³-hybridized carbons (Fsp3) is 0.375. The predicted octanol–water partition coefficient (Wildman–Crippen LogP) is -1.64. The van der Waals surface area contributed by atoms with E-state index in [1.807, 2.05) is 0 Å². The zero-order chi connectivity index (χ0) is 16.5. The Kier molecular flexibility index (Phi) is 4.64. The van der Waals surface area contributed by atoms with Crippen molar-refractivity contribution in [2.24, 2.45) is 0 Å². The standard InChI is InChI=1S/C8H13N5O7P2/c9-6-5-7(12-8(11-6)22(17,18)19)13(3-10-5)1-2-20-4-21(14,15)16/h3H,1-2,4H2,(H2,9,11,12)(H2,14,15,16)(H2,17,18,19). The third kappa shape index (κ3) is 4.08. The van der Waals surface area contributed by atoms with Crippen LogP contribution in [0, 0.1) is 0 Å². The summed E-state index contributed by atoms with van der Waals surface area (Å²) in [6.45, 7) is 0.0409. The Morgan fingerprint density at radius 3 is 2.50 bits per heavy atom. The van der Waals surface area contributed by atoms with E-state index in [9.17, 15) is 9.13 Å². The molecule has 12 nitrogen and oxygen atoms in total. The monoisotopic (exact) mass is 353 g/mol. The van der Waals surface area contributed by atoms with E-state index in [0.717, 1.165) is 0 Å². The van der Waals surface area contributed by atoms with E-state index in [1.54, 1.807) is 0 Å². The number of anilines is 1. The summed E-state index contributed by atoms with van der Waals surface area (Å²) in [5, 5.41) is 0. The minimum absolute atomic E-state index is 0.0638. The first kappa shape index (κ1) is 17.0. The van der Waals surface area contributed by atoms with Gasteiger partial charge in [0.05, 0.1) is 12.9 Å². The molecule has 0 fully saturated rings. The maximum absolute atomic E-state index is 11.2. The smallest absolute Gasteiger partial charge is 0.382 e. The maximum atomic E-state index is 11.2. The number of hydrogen-bond donors (Lipinski definition) is 5. The van der Waals surface area contributed by atoms with Gasteiger partial charge in [-0.15, -0.1) is 0 Å². The van der Waals surface area contributed by atoms with Gasteiger partial charge in [-0.2, -0.15) is 0 Å². The Balaban J connectivity index is 2.22. The van der Waals surface area contributed by atoms with Crippen LogP contribution < -0.4 is 11.3 Å². The average molecular weight is 353 g/mol.